The van der Waals surface area contributed by atoms with Crippen molar-refractivity contribution in [3.8, 4) is 0 Å². The second-order valence-electron chi connectivity index (χ2n) is 5.73. The van der Waals surface area contributed by atoms with Gasteiger partial charge in [0, 0.05) is 0 Å². The van der Waals surface area contributed by atoms with Gasteiger partial charge in [0.05, 0.1) is 17.5 Å². The molecule has 1 atom stereocenters. The number of halogens is 3. The van der Waals surface area contributed by atoms with Gasteiger partial charge in [0.1, 0.15) is 5.60 Å². The van der Waals surface area contributed by atoms with Crippen LogP contribution in [0, 0.1) is 0 Å². The van der Waals surface area contributed by atoms with Gasteiger partial charge in [0.15, 0.2) is 0 Å². The molecule has 0 aromatic heterocycles. The van der Waals surface area contributed by atoms with Crippen molar-refractivity contribution in [1.82, 2.24) is 0 Å². The average molecular weight is 350 g/mol. The monoisotopic (exact) mass is 350 g/mol. The molecular weight excluding hydrogens is 328 g/mol. The molecule has 2 rings (SSSR count). The van der Waals surface area contributed by atoms with E-state index in [4.69, 9.17) is 9.05 Å². The van der Waals surface area contributed by atoms with Gasteiger partial charge >= 0.3 is 13.8 Å². The molecule has 0 fully saturated rings. The molecule has 23 heavy (non-hydrogen) atoms. The maximum Gasteiger partial charge on any atom is 0.416 e. The normalized spacial score (nSPS) is 23.0. The molecule has 0 saturated heterocycles. The number of fused-ring (bicyclic) bond motifs is 1. The Kier molecular flexibility index (Phi) is 5.29. The molecule has 0 aliphatic carbocycles. The smallest absolute Gasteiger partial charge is 0.305 e. The van der Waals surface area contributed by atoms with Crippen LogP contribution in [0.3, 0.4) is 0 Å². The van der Waals surface area contributed by atoms with Crippen LogP contribution in [-0.2, 0) is 25.4 Å². The number of hydrogen-bond acceptors (Lipinski definition) is 3. The van der Waals surface area contributed by atoms with Crippen molar-refractivity contribution in [2.24, 2.45) is 0 Å². The molecule has 1 unspecified atom stereocenters. The molecule has 1 aromatic carbocycles. The number of rotatable bonds is 6. The Morgan fingerprint density at radius 3 is 2.26 bits per heavy atom. The first-order valence-electron chi connectivity index (χ1n) is 7.90. The Hall–Kier alpha value is -0.840. The summed E-state index contributed by atoms with van der Waals surface area (Å²) in [5.41, 5.74) is -1.08. The van der Waals surface area contributed by atoms with Crippen LogP contribution in [0.15, 0.2) is 18.2 Å². The lowest BCUT2D eigenvalue weighted by molar-refractivity contribution is -0.137. The first-order chi connectivity index (χ1) is 10.7. The maximum absolute atomic E-state index is 13.1. The lowest BCUT2D eigenvalue weighted by atomic mass is 9.85. The molecule has 0 spiro atoms. The summed E-state index contributed by atoms with van der Waals surface area (Å²) in [4.78, 5) is 0. The van der Waals surface area contributed by atoms with Gasteiger partial charge in [-0.25, -0.2) is 0 Å². The Morgan fingerprint density at radius 1 is 1.17 bits per heavy atom. The Morgan fingerprint density at radius 2 is 1.78 bits per heavy atom. The molecule has 0 amide bonds. The Bertz CT molecular complexity index is 607. The van der Waals surface area contributed by atoms with Crippen LogP contribution in [0.2, 0.25) is 0 Å². The van der Waals surface area contributed by atoms with E-state index in [0.29, 0.717) is 18.4 Å². The van der Waals surface area contributed by atoms with Gasteiger partial charge in [-0.15, -0.1) is 0 Å². The van der Waals surface area contributed by atoms with Gasteiger partial charge in [-0.05, 0) is 37.5 Å². The SMILES string of the molecule is CCCC1(CCC)OP(=O)(OCC)c2cc(C(F)(F)F)ccc21. The molecule has 0 N–H and O–H groups in total. The summed E-state index contributed by atoms with van der Waals surface area (Å²) in [5.74, 6) is 0. The highest BCUT2D eigenvalue weighted by molar-refractivity contribution is 7.62. The van der Waals surface area contributed by atoms with Crippen molar-refractivity contribution in [3.63, 3.8) is 0 Å². The zero-order valence-electron chi connectivity index (χ0n) is 13.6. The largest absolute Gasteiger partial charge is 0.416 e. The second-order valence-corrected chi connectivity index (χ2v) is 7.65. The lowest BCUT2D eigenvalue weighted by Crippen LogP contribution is -2.26. The molecule has 130 valence electrons. The van der Waals surface area contributed by atoms with Crippen LogP contribution in [0.25, 0.3) is 0 Å². The van der Waals surface area contributed by atoms with E-state index >= 15 is 0 Å². The summed E-state index contributed by atoms with van der Waals surface area (Å²) >= 11 is 0. The summed E-state index contributed by atoms with van der Waals surface area (Å²) in [7, 11) is -3.74. The molecule has 1 aromatic rings. The third-order valence-electron chi connectivity index (χ3n) is 4.01. The van der Waals surface area contributed by atoms with Gasteiger partial charge in [-0.2, -0.15) is 13.2 Å². The summed E-state index contributed by atoms with van der Waals surface area (Å²) in [5, 5.41) is 0.0658. The molecule has 7 heteroatoms. The molecule has 0 radical (unpaired) electrons. The molecule has 0 bridgehead atoms. The van der Waals surface area contributed by atoms with E-state index in [0.717, 1.165) is 25.0 Å². The van der Waals surface area contributed by atoms with E-state index in [-0.39, 0.29) is 11.9 Å². The van der Waals surface area contributed by atoms with Crippen LogP contribution < -0.4 is 5.30 Å². The fraction of sp³-hybridized carbons (Fsp3) is 0.625. The van der Waals surface area contributed by atoms with E-state index in [9.17, 15) is 17.7 Å². The van der Waals surface area contributed by atoms with Crippen molar-refractivity contribution in [2.45, 2.75) is 58.2 Å². The van der Waals surface area contributed by atoms with E-state index in [1.807, 2.05) is 13.8 Å². The van der Waals surface area contributed by atoms with Gasteiger partial charge in [-0.1, -0.05) is 32.8 Å². The third kappa shape index (κ3) is 3.35. The molecule has 0 saturated carbocycles. The number of benzene rings is 1. The van der Waals surface area contributed by atoms with Crippen LogP contribution in [-0.4, -0.2) is 6.61 Å². The first-order valence-corrected chi connectivity index (χ1v) is 9.44. The zero-order chi connectivity index (χ0) is 17.3. The minimum atomic E-state index is -4.49. The molecule has 1 aliphatic rings. The van der Waals surface area contributed by atoms with E-state index < -0.39 is 24.9 Å². The van der Waals surface area contributed by atoms with Crippen LogP contribution >= 0.6 is 7.60 Å². The zero-order valence-corrected chi connectivity index (χ0v) is 14.5. The van der Waals surface area contributed by atoms with Crippen LogP contribution in [0.5, 0.6) is 0 Å². The predicted molar refractivity (Wildman–Crippen MR) is 82.9 cm³/mol. The van der Waals surface area contributed by atoms with Gasteiger partial charge in [0.2, 0.25) is 0 Å². The van der Waals surface area contributed by atoms with Crippen molar-refractivity contribution in [1.29, 1.82) is 0 Å². The van der Waals surface area contributed by atoms with Crippen LogP contribution in [0.1, 0.15) is 57.6 Å². The number of alkyl halides is 3. The van der Waals surface area contributed by atoms with Crippen molar-refractivity contribution in [3.05, 3.63) is 29.3 Å². The Labute approximate surface area is 134 Å². The average Bonchev–Trinajstić information content (AvgIpc) is 2.68. The summed E-state index contributed by atoms with van der Waals surface area (Å²) in [6.07, 6.45) is -1.77. The lowest BCUT2D eigenvalue weighted by Gasteiger charge is -2.29. The fourth-order valence-electron chi connectivity index (χ4n) is 3.21. The fourth-order valence-corrected chi connectivity index (χ4v) is 5.45. The summed E-state index contributed by atoms with van der Waals surface area (Å²) in [6, 6.07) is 3.37. The van der Waals surface area contributed by atoms with Crippen molar-refractivity contribution in [2.75, 3.05) is 6.61 Å². The molecular formula is C16H22F3O3P. The number of hydrogen-bond donors (Lipinski definition) is 0. The third-order valence-corrected chi connectivity index (χ3v) is 6.16. The Balaban J connectivity index is 2.64. The predicted octanol–water partition coefficient (Wildman–Crippen LogP) is 5.39. The summed E-state index contributed by atoms with van der Waals surface area (Å²) in [6.45, 7) is 5.69. The van der Waals surface area contributed by atoms with Crippen LogP contribution in [0.4, 0.5) is 13.2 Å². The first kappa shape index (κ1) is 18.5. The highest BCUT2D eigenvalue weighted by Gasteiger charge is 2.52. The summed E-state index contributed by atoms with van der Waals surface area (Å²) < 4.78 is 63.3. The van der Waals surface area contributed by atoms with Gasteiger partial charge < -0.3 is 4.52 Å². The van der Waals surface area contributed by atoms with Crippen molar-refractivity contribution < 1.29 is 26.8 Å². The molecule has 1 heterocycles. The molecule has 3 nitrogen and oxygen atoms in total. The molecule has 1 aliphatic heterocycles. The van der Waals surface area contributed by atoms with Gasteiger partial charge in [0.25, 0.3) is 0 Å². The van der Waals surface area contributed by atoms with E-state index in [1.165, 1.54) is 6.07 Å². The quantitative estimate of drug-likeness (QED) is 0.646. The highest BCUT2D eigenvalue weighted by Crippen LogP contribution is 2.62. The van der Waals surface area contributed by atoms with E-state index in [2.05, 4.69) is 0 Å². The minimum Gasteiger partial charge on any atom is -0.305 e. The van der Waals surface area contributed by atoms with Crippen molar-refractivity contribution >= 4 is 12.9 Å². The van der Waals surface area contributed by atoms with Gasteiger partial charge in [-0.3, -0.25) is 9.09 Å². The topological polar surface area (TPSA) is 35.5 Å². The second kappa shape index (κ2) is 6.58. The van der Waals surface area contributed by atoms with E-state index in [1.54, 1.807) is 6.92 Å². The maximum atomic E-state index is 13.1. The standard InChI is InChI=1S/C16H22F3O3P/c1-4-9-15(10-5-2)13-8-7-12(16(17,18)19)11-14(13)23(20,22-15)21-6-3/h7-8,11H,4-6,9-10H2,1-3H3. The highest BCUT2D eigenvalue weighted by atomic mass is 31.2. The minimum absolute atomic E-state index is 0.0658.